The molecule has 1 saturated heterocycles. The quantitative estimate of drug-likeness (QED) is 0.641. The Morgan fingerprint density at radius 3 is 2.66 bits per heavy atom. The first-order chi connectivity index (χ1) is 14.2. The van der Waals surface area contributed by atoms with Gasteiger partial charge in [-0.25, -0.2) is 9.97 Å². The number of rotatable bonds is 5. The van der Waals surface area contributed by atoms with E-state index in [4.69, 9.17) is 0 Å². The minimum Gasteiger partial charge on any atom is -0.354 e. The molecule has 2 aliphatic heterocycles. The van der Waals surface area contributed by atoms with Gasteiger partial charge in [-0.15, -0.1) is 11.3 Å². The maximum Gasteiger partial charge on any atom is 0.262 e. The second kappa shape index (κ2) is 7.85. The van der Waals surface area contributed by atoms with Crippen molar-refractivity contribution in [3.8, 4) is 0 Å². The fraction of sp³-hybridized carbons (Fsp3) is 0.476. The third-order valence-electron chi connectivity index (χ3n) is 6.06. The number of aromatic nitrogens is 3. The van der Waals surface area contributed by atoms with E-state index >= 15 is 0 Å². The summed E-state index contributed by atoms with van der Waals surface area (Å²) in [5.74, 6) is 1.05. The van der Waals surface area contributed by atoms with Crippen LogP contribution in [0.5, 0.6) is 0 Å². The number of nitrogens with zero attached hydrogens (tertiary/aromatic N) is 6. The molecule has 3 aromatic heterocycles. The van der Waals surface area contributed by atoms with Gasteiger partial charge in [0.1, 0.15) is 10.6 Å². The van der Waals surface area contributed by atoms with Crippen LogP contribution in [0.2, 0.25) is 0 Å². The van der Waals surface area contributed by atoms with Gasteiger partial charge in [-0.2, -0.15) is 0 Å². The Morgan fingerprint density at radius 2 is 1.90 bits per heavy atom. The highest BCUT2D eigenvalue weighted by Gasteiger charge is 2.25. The third kappa shape index (κ3) is 3.56. The van der Waals surface area contributed by atoms with E-state index in [-0.39, 0.29) is 5.56 Å². The van der Waals surface area contributed by atoms with E-state index in [1.807, 2.05) is 18.3 Å². The first-order valence-corrected chi connectivity index (χ1v) is 11.1. The molecule has 0 unspecified atom stereocenters. The van der Waals surface area contributed by atoms with Gasteiger partial charge in [0.15, 0.2) is 0 Å². The molecule has 7 nitrogen and oxygen atoms in total. The first kappa shape index (κ1) is 18.7. The van der Waals surface area contributed by atoms with Gasteiger partial charge in [-0.1, -0.05) is 13.0 Å². The average molecular weight is 411 g/mol. The molecular formula is C21H26N6OS. The summed E-state index contributed by atoms with van der Waals surface area (Å²) in [6.07, 6.45) is 3.58. The predicted molar refractivity (Wildman–Crippen MR) is 117 cm³/mol. The molecule has 0 amide bonds. The van der Waals surface area contributed by atoms with Gasteiger partial charge in [-0.05, 0) is 24.2 Å². The summed E-state index contributed by atoms with van der Waals surface area (Å²) in [4.78, 5) is 31.5. The lowest BCUT2D eigenvalue weighted by Crippen LogP contribution is -2.47. The fourth-order valence-electron chi connectivity index (χ4n) is 4.28. The second-order valence-corrected chi connectivity index (χ2v) is 8.83. The largest absolute Gasteiger partial charge is 0.354 e. The van der Waals surface area contributed by atoms with Crippen LogP contribution in [0, 0.1) is 0 Å². The van der Waals surface area contributed by atoms with E-state index in [1.54, 1.807) is 22.2 Å². The van der Waals surface area contributed by atoms with Crippen molar-refractivity contribution in [1.29, 1.82) is 0 Å². The standard InChI is InChI=1S/C21H26N6OS/c1-2-24-13-16-17(14-24)29-20-19(16)21(28)27(15-23-20)12-9-25-7-10-26(11-8-25)18-5-3-4-6-22-18/h3-6,15H,2,7-14H2,1H3. The van der Waals surface area contributed by atoms with Crippen molar-refractivity contribution in [3.63, 3.8) is 0 Å². The van der Waals surface area contributed by atoms with Crippen LogP contribution < -0.4 is 10.5 Å². The lowest BCUT2D eigenvalue weighted by atomic mass is 10.2. The minimum absolute atomic E-state index is 0.123. The summed E-state index contributed by atoms with van der Waals surface area (Å²) < 4.78 is 1.80. The highest BCUT2D eigenvalue weighted by Crippen LogP contribution is 2.34. The van der Waals surface area contributed by atoms with Gasteiger partial charge in [0.05, 0.1) is 11.7 Å². The smallest absolute Gasteiger partial charge is 0.262 e. The monoisotopic (exact) mass is 410 g/mol. The zero-order valence-electron chi connectivity index (χ0n) is 16.8. The molecule has 0 bridgehead atoms. The lowest BCUT2D eigenvalue weighted by molar-refractivity contribution is 0.246. The Kier molecular flexibility index (Phi) is 5.07. The molecule has 0 N–H and O–H groups in total. The first-order valence-electron chi connectivity index (χ1n) is 10.3. The van der Waals surface area contributed by atoms with Gasteiger partial charge >= 0.3 is 0 Å². The molecule has 0 spiro atoms. The Labute approximate surface area is 174 Å². The van der Waals surface area contributed by atoms with Crippen molar-refractivity contribution >= 4 is 27.4 Å². The van der Waals surface area contributed by atoms with Gasteiger partial charge in [0.2, 0.25) is 0 Å². The SMILES string of the molecule is CCN1Cc2sc3ncn(CCN4CCN(c5ccccn5)CC4)c(=O)c3c2C1. The van der Waals surface area contributed by atoms with Crippen LogP contribution in [0.25, 0.3) is 10.2 Å². The maximum atomic E-state index is 13.1. The molecular weight excluding hydrogens is 384 g/mol. The Morgan fingerprint density at radius 1 is 1.03 bits per heavy atom. The van der Waals surface area contributed by atoms with Crippen LogP contribution in [-0.4, -0.2) is 63.6 Å². The van der Waals surface area contributed by atoms with Crippen molar-refractivity contribution in [2.24, 2.45) is 0 Å². The third-order valence-corrected chi connectivity index (χ3v) is 7.18. The Hall–Kier alpha value is -2.29. The maximum absolute atomic E-state index is 13.1. The molecule has 2 aliphatic rings. The molecule has 5 rings (SSSR count). The lowest BCUT2D eigenvalue weighted by Gasteiger charge is -2.35. The van der Waals surface area contributed by atoms with Crippen molar-refractivity contribution in [3.05, 3.63) is 51.5 Å². The normalized spacial score (nSPS) is 17.9. The van der Waals surface area contributed by atoms with E-state index in [0.29, 0.717) is 6.54 Å². The van der Waals surface area contributed by atoms with Crippen LogP contribution in [0.1, 0.15) is 17.4 Å². The number of thiophene rings is 1. The van der Waals surface area contributed by atoms with E-state index in [1.165, 1.54) is 10.4 Å². The Balaban J connectivity index is 1.25. The van der Waals surface area contributed by atoms with Crippen molar-refractivity contribution in [1.82, 2.24) is 24.3 Å². The molecule has 5 heterocycles. The van der Waals surface area contributed by atoms with Crippen LogP contribution in [-0.2, 0) is 19.6 Å². The zero-order valence-corrected chi connectivity index (χ0v) is 17.6. The van der Waals surface area contributed by atoms with E-state index in [2.05, 4.69) is 37.7 Å². The van der Waals surface area contributed by atoms with Crippen LogP contribution in [0.4, 0.5) is 5.82 Å². The predicted octanol–water partition coefficient (Wildman–Crippen LogP) is 2.01. The van der Waals surface area contributed by atoms with E-state index in [0.717, 1.165) is 68.4 Å². The summed E-state index contributed by atoms with van der Waals surface area (Å²) >= 11 is 1.68. The molecule has 0 radical (unpaired) electrons. The van der Waals surface area contributed by atoms with Gasteiger partial charge in [-0.3, -0.25) is 19.2 Å². The molecule has 152 valence electrons. The zero-order chi connectivity index (χ0) is 19.8. The summed E-state index contributed by atoms with van der Waals surface area (Å²) in [6.45, 7) is 10.5. The van der Waals surface area contributed by atoms with Crippen molar-refractivity contribution < 1.29 is 0 Å². The van der Waals surface area contributed by atoms with Gasteiger partial charge < -0.3 is 4.90 Å². The second-order valence-electron chi connectivity index (χ2n) is 7.75. The number of hydrogen-bond acceptors (Lipinski definition) is 7. The number of fused-ring (bicyclic) bond motifs is 3. The molecule has 1 fully saturated rings. The fourth-order valence-corrected chi connectivity index (χ4v) is 5.46. The number of pyridine rings is 1. The number of piperazine rings is 1. The molecule has 8 heteroatoms. The molecule has 3 aromatic rings. The molecule has 29 heavy (non-hydrogen) atoms. The molecule has 0 saturated carbocycles. The minimum atomic E-state index is 0.123. The van der Waals surface area contributed by atoms with Crippen LogP contribution in [0.15, 0.2) is 35.5 Å². The van der Waals surface area contributed by atoms with Crippen molar-refractivity contribution in [2.45, 2.75) is 26.6 Å². The number of anilines is 1. The van der Waals surface area contributed by atoms with E-state index < -0.39 is 0 Å². The molecule has 0 aromatic carbocycles. The van der Waals surface area contributed by atoms with Gasteiger partial charge in [0, 0.05) is 63.4 Å². The summed E-state index contributed by atoms with van der Waals surface area (Å²) in [6, 6.07) is 6.05. The van der Waals surface area contributed by atoms with Crippen LogP contribution >= 0.6 is 11.3 Å². The summed E-state index contributed by atoms with van der Waals surface area (Å²) in [5.41, 5.74) is 1.33. The highest BCUT2D eigenvalue weighted by molar-refractivity contribution is 7.18. The average Bonchev–Trinajstić information content (AvgIpc) is 3.32. The van der Waals surface area contributed by atoms with Crippen molar-refractivity contribution in [2.75, 3.05) is 44.2 Å². The van der Waals surface area contributed by atoms with E-state index in [9.17, 15) is 4.79 Å². The van der Waals surface area contributed by atoms with Crippen LogP contribution in [0.3, 0.4) is 0 Å². The summed E-state index contributed by atoms with van der Waals surface area (Å²) in [7, 11) is 0. The van der Waals surface area contributed by atoms with Gasteiger partial charge in [0.25, 0.3) is 5.56 Å². The molecule has 0 aliphatic carbocycles. The summed E-state index contributed by atoms with van der Waals surface area (Å²) in [5, 5.41) is 0.850. The number of hydrogen-bond donors (Lipinski definition) is 0. The highest BCUT2D eigenvalue weighted by atomic mass is 32.1. The topological polar surface area (TPSA) is 57.5 Å². The molecule has 0 atom stereocenters. The Bertz CT molecular complexity index is 1050.